The number of carbonyl (C=O) groups excluding carboxylic acids is 1. The Morgan fingerprint density at radius 1 is 1.44 bits per heavy atom. The van der Waals surface area contributed by atoms with E-state index in [-0.39, 0.29) is 0 Å². The van der Waals surface area contributed by atoms with Crippen molar-refractivity contribution < 1.29 is 9.53 Å². The lowest BCUT2D eigenvalue weighted by Crippen LogP contribution is -2.02. The minimum Gasteiger partial charge on any atom is -0.497 e. The van der Waals surface area contributed by atoms with Gasteiger partial charge >= 0.3 is 0 Å². The Morgan fingerprint density at radius 3 is 2.94 bits per heavy atom. The summed E-state index contributed by atoms with van der Waals surface area (Å²) in [6.45, 7) is 2.78. The molecule has 0 bridgehead atoms. The van der Waals surface area contributed by atoms with Gasteiger partial charge in [-0.05, 0) is 18.6 Å². The summed E-state index contributed by atoms with van der Waals surface area (Å²) >= 11 is 0. The highest BCUT2D eigenvalue weighted by atomic mass is 16.5. The van der Waals surface area contributed by atoms with Crippen molar-refractivity contribution in [2.45, 2.75) is 19.9 Å². The van der Waals surface area contributed by atoms with Crippen LogP contribution in [0.5, 0.6) is 5.75 Å². The Balaban J connectivity index is 2.53. The molecule has 0 saturated heterocycles. The zero-order chi connectivity index (χ0) is 13.0. The van der Waals surface area contributed by atoms with Crippen molar-refractivity contribution in [1.82, 2.24) is 15.0 Å². The lowest BCUT2D eigenvalue weighted by molar-refractivity contribution is 0.111. The first kappa shape index (κ1) is 12.3. The molecule has 18 heavy (non-hydrogen) atoms. The average Bonchev–Trinajstić information content (AvgIpc) is 2.82. The lowest BCUT2D eigenvalue weighted by Gasteiger charge is -2.07. The second-order valence-electron chi connectivity index (χ2n) is 3.90. The van der Waals surface area contributed by atoms with Gasteiger partial charge in [0.1, 0.15) is 5.75 Å². The predicted molar refractivity (Wildman–Crippen MR) is 67.7 cm³/mol. The number of aromatic nitrogens is 3. The maximum absolute atomic E-state index is 11.0. The van der Waals surface area contributed by atoms with Crippen LogP contribution in [0.4, 0.5) is 0 Å². The Bertz CT molecular complexity index is 549. The molecule has 1 aromatic heterocycles. The molecule has 5 nitrogen and oxygen atoms in total. The third kappa shape index (κ3) is 2.25. The number of rotatable bonds is 5. The molecule has 0 amide bonds. The number of nitrogens with zero attached hydrogens (tertiary/aromatic N) is 3. The molecule has 0 saturated carbocycles. The van der Waals surface area contributed by atoms with Crippen LogP contribution in [0, 0.1) is 0 Å². The number of aldehydes is 1. The smallest absolute Gasteiger partial charge is 0.172 e. The zero-order valence-corrected chi connectivity index (χ0v) is 10.5. The molecular formula is C13H15N3O2. The van der Waals surface area contributed by atoms with Crippen LogP contribution in [-0.2, 0) is 6.54 Å². The standard InChI is InChI=1S/C13H15N3O2/c1-3-7-16-13(12(9-17)14-15-16)10-5-4-6-11(8-10)18-2/h4-6,8-9H,3,7H2,1-2H3. The van der Waals surface area contributed by atoms with Crippen LogP contribution in [0.3, 0.4) is 0 Å². The Kier molecular flexibility index (Phi) is 3.72. The third-order valence-corrected chi connectivity index (χ3v) is 2.65. The van der Waals surface area contributed by atoms with Gasteiger partial charge in [0.05, 0.1) is 12.8 Å². The quantitative estimate of drug-likeness (QED) is 0.757. The first-order valence-electron chi connectivity index (χ1n) is 5.83. The van der Waals surface area contributed by atoms with E-state index in [9.17, 15) is 4.79 Å². The van der Waals surface area contributed by atoms with Crippen molar-refractivity contribution in [1.29, 1.82) is 0 Å². The summed E-state index contributed by atoms with van der Waals surface area (Å²) in [6, 6.07) is 7.53. The second-order valence-corrected chi connectivity index (χ2v) is 3.90. The van der Waals surface area contributed by atoms with Crippen LogP contribution in [0.2, 0.25) is 0 Å². The van der Waals surface area contributed by atoms with Crippen LogP contribution < -0.4 is 4.74 Å². The first-order valence-corrected chi connectivity index (χ1v) is 5.83. The highest BCUT2D eigenvalue weighted by molar-refractivity contribution is 5.83. The fourth-order valence-corrected chi connectivity index (χ4v) is 1.84. The van der Waals surface area contributed by atoms with E-state index in [0.29, 0.717) is 5.69 Å². The Morgan fingerprint density at radius 2 is 2.28 bits per heavy atom. The summed E-state index contributed by atoms with van der Waals surface area (Å²) < 4.78 is 6.94. The van der Waals surface area contributed by atoms with Crippen molar-refractivity contribution in [2.24, 2.45) is 0 Å². The minimum atomic E-state index is 0.358. The number of benzene rings is 1. The highest BCUT2D eigenvalue weighted by Gasteiger charge is 2.14. The summed E-state index contributed by atoms with van der Waals surface area (Å²) in [5.74, 6) is 0.744. The van der Waals surface area contributed by atoms with E-state index in [4.69, 9.17) is 4.74 Å². The molecule has 0 unspecified atom stereocenters. The summed E-state index contributed by atoms with van der Waals surface area (Å²) in [4.78, 5) is 11.0. The molecule has 1 heterocycles. The highest BCUT2D eigenvalue weighted by Crippen LogP contribution is 2.25. The fraction of sp³-hybridized carbons (Fsp3) is 0.308. The van der Waals surface area contributed by atoms with E-state index in [0.717, 1.165) is 36.3 Å². The zero-order valence-electron chi connectivity index (χ0n) is 10.5. The Labute approximate surface area is 105 Å². The summed E-state index contributed by atoms with van der Waals surface area (Å²) in [5, 5.41) is 7.89. The van der Waals surface area contributed by atoms with Gasteiger partial charge in [-0.15, -0.1) is 5.10 Å². The van der Waals surface area contributed by atoms with Gasteiger partial charge in [-0.25, -0.2) is 4.68 Å². The van der Waals surface area contributed by atoms with Crippen LogP contribution in [0.1, 0.15) is 23.8 Å². The number of ether oxygens (including phenoxy) is 1. The summed E-state index contributed by atoms with van der Waals surface area (Å²) in [5.41, 5.74) is 1.98. The van der Waals surface area contributed by atoms with Crippen LogP contribution in [0.15, 0.2) is 24.3 Å². The molecule has 0 aliphatic rings. The first-order chi connectivity index (χ1) is 8.80. The molecule has 0 fully saturated rings. The number of aryl methyl sites for hydroxylation is 1. The van der Waals surface area contributed by atoms with Gasteiger partial charge in [0.25, 0.3) is 0 Å². The molecule has 2 aromatic rings. The molecule has 5 heteroatoms. The summed E-state index contributed by atoms with van der Waals surface area (Å²) in [6.07, 6.45) is 1.66. The van der Waals surface area contributed by atoms with Gasteiger partial charge < -0.3 is 4.74 Å². The third-order valence-electron chi connectivity index (χ3n) is 2.65. The number of carbonyl (C=O) groups is 1. The Hall–Kier alpha value is -2.17. The molecule has 0 spiro atoms. The largest absolute Gasteiger partial charge is 0.497 e. The number of hydrogen-bond acceptors (Lipinski definition) is 4. The lowest BCUT2D eigenvalue weighted by atomic mass is 10.1. The maximum Gasteiger partial charge on any atom is 0.172 e. The molecule has 0 aliphatic carbocycles. The topological polar surface area (TPSA) is 57.0 Å². The molecule has 0 N–H and O–H groups in total. The number of hydrogen-bond donors (Lipinski definition) is 0. The van der Waals surface area contributed by atoms with Crippen molar-refractivity contribution in [3.63, 3.8) is 0 Å². The SMILES string of the molecule is CCCn1nnc(C=O)c1-c1cccc(OC)c1. The molecule has 1 aromatic carbocycles. The average molecular weight is 245 g/mol. The van der Waals surface area contributed by atoms with Crippen molar-refractivity contribution in [3.8, 4) is 17.0 Å². The van der Waals surface area contributed by atoms with Crippen molar-refractivity contribution in [2.75, 3.05) is 7.11 Å². The van der Waals surface area contributed by atoms with Crippen molar-refractivity contribution >= 4 is 6.29 Å². The molecular weight excluding hydrogens is 230 g/mol. The van der Waals surface area contributed by atoms with E-state index in [1.54, 1.807) is 11.8 Å². The summed E-state index contributed by atoms with van der Waals surface area (Å²) in [7, 11) is 1.61. The van der Waals surface area contributed by atoms with Gasteiger partial charge in [-0.3, -0.25) is 4.79 Å². The maximum atomic E-state index is 11.0. The van der Waals surface area contributed by atoms with Gasteiger partial charge in [0, 0.05) is 12.1 Å². The van der Waals surface area contributed by atoms with Gasteiger partial charge in [-0.1, -0.05) is 24.3 Å². The number of methoxy groups -OCH3 is 1. The van der Waals surface area contributed by atoms with Crippen molar-refractivity contribution in [3.05, 3.63) is 30.0 Å². The van der Waals surface area contributed by atoms with Crippen LogP contribution >= 0.6 is 0 Å². The predicted octanol–water partition coefficient (Wildman–Crippen LogP) is 2.18. The molecule has 0 atom stereocenters. The van der Waals surface area contributed by atoms with Gasteiger partial charge in [-0.2, -0.15) is 0 Å². The monoisotopic (exact) mass is 245 g/mol. The van der Waals surface area contributed by atoms with E-state index >= 15 is 0 Å². The van der Waals surface area contributed by atoms with E-state index < -0.39 is 0 Å². The molecule has 0 radical (unpaired) electrons. The minimum absolute atomic E-state index is 0.358. The fourth-order valence-electron chi connectivity index (χ4n) is 1.84. The van der Waals surface area contributed by atoms with E-state index in [2.05, 4.69) is 17.2 Å². The molecule has 0 aliphatic heterocycles. The normalized spacial score (nSPS) is 10.3. The van der Waals surface area contributed by atoms with E-state index in [1.165, 1.54) is 0 Å². The molecule has 94 valence electrons. The van der Waals surface area contributed by atoms with Crippen LogP contribution in [-0.4, -0.2) is 28.4 Å². The second kappa shape index (κ2) is 5.44. The van der Waals surface area contributed by atoms with Gasteiger partial charge in [0.15, 0.2) is 12.0 Å². The van der Waals surface area contributed by atoms with Gasteiger partial charge in [0.2, 0.25) is 0 Å². The van der Waals surface area contributed by atoms with Crippen LogP contribution in [0.25, 0.3) is 11.3 Å². The molecule has 2 rings (SSSR count). The van der Waals surface area contributed by atoms with E-state index in [1.807, 2.05) is 24.3 Å².